The van der Waals surface area contributed by atoms with Crippen LogP contribution in [0.1, 0.15) is 18.5 Å². The fourth-order valence-electron chi connectivity index (χ4n) is 4.02. The number of primary amides is 1. The van der Waals surface area contributed by atoms with Crippen LogP contribution < -0.4 is 20.7 Å². The molecular formula is C21H24N8O3. The van der Waals surface area contributed by atoms with E-state index in [9.17, 15) is 14.9 Å². The van der Waals surface area contributed by atoms with Crippen LogP contribution in [-0.2, 0) is 0 Å². The van der Waals surface area contributed by atoms with Gasteiger partial charge in [-0.25, -0.2) is 19.6 Å². The summed E-state index contributed by atoms with van der Waals surface area (Å²) >= 11 is 0. The molecule has 3 heterocycles. The summed E-state index contributed by atoms with van der Waals surface area (Å²) in [5.74, 6) is 1.19. The predicted octanol–water partition coefficient (Wildman–Crippen LogP) is 1.89. The Morgan fingerprint density at radius 3 is 2.91 bits per heavy atom. The third kappa shape index (κ3) is 4.49. The number of nitrogens with zero attached hydrogens (tertiary/aromatic N) is 6. The molecule has 2 aromatic rings. The minimum absolute atomic E-state index is 0.0585. The highest BCUT2D eigenvalue weighted by Crippen LogP contribution is 2.27. The van der Waals surface area contributed by atoms with E-state index in [2.05, 4.69) is 20.2 Å². The Labute approximate surface area is 185 Å². The van der Waals surface area contributed by atoms with E-state index in [4.69, 9.17) is 10.5 Å². The number of piperidine rings is 1. The molecule has 2 fully saturated rings. The first-order valence-corrected chi connectivity index (χ1v) is 10.3. The molecule has 0 saturated carbocycles. The number of carbonyl (C=O) groups excluding carboxylic acids is 2. The van der Waals surface area contributed by atoms with E-state index in [1.165, 1.54) is 0 Å². The molecule has 0 aliphatic carbocycles. The minimum atomic E-state index is -0.913. The van der Waals surface area contributed by atoms with Crippen LogP contribution in [0.2, 0.25) is 0 Å². The van der Waals surface area contributed by atoms with E-state index in [0.717, 1.165) is 32.5 Å². The number of hydrogen-bond acceptors (Lipinski definition) is 8. The van der Waals surface area contributed by atoms with Gasteiger partial charge in [-0.05, 0) is 25.0 Å². The molecule has 0 spiro atoms. The number of anilines is 3. The van der Waals surface area contributed by atoms with Crippen LogP contribution in [0.5, 0.6) is 5.75 Å². The molecule has 0 radical (unpaired) electrons. The van der Waals surface area contributed by atoms with Gasteiger partial charge in [0.05, 0.1) is 12.2 Å². The van der Waals surface area contributed by atoms with Crippen LogP contribution >= 0.6 is 0 Å². The van der Waals surface area contributed by atoms with Crippen LogP contribution in [0.15, 0.2) is 30.5 Å². The molecular weight excluding hydrogens is 412 g/mol. The Bertz CT molecular complexity index is 1070. The highest BCUT2D eigenvalue weighted by atomic mass is 16.5. The zero-order valence-corrected chi connectivity index (χ0v) is 17.7. The van der Waals surface area contributed by atoms with Gasteiger partial charge in [0.1, 0.15) is 17.6 Å². The number of carbonyl (C=O) groups is 2. The largest absolute Gasteiger partial charge is 0.410 e. The number of rotatable bonds is 5. The van der Waals surface area contributed by atoms with Crippen molar-refractivity contribution in [2.24, 2.45) is 5.73 Å². The topological polar surface area (TPSA) is 141 Å². The van der Waals surface area contributed by atoms with Crippen molar-refractivity contribution in [1.82, 2.24) is 19.8 Å². The lowest BCUT2D eigenvalue weighted by Crippen LogP contribution is -2.49. The van der Waals surface area contributed by atoms with Crippen LogP contribution in [-0.4, -0.2) is 71.2 Å². The fraction of sp³-hybridized carbons (Fsp3) is 0.381. The second kappa shape index (κ2) is 8.97. The van der Waals surface area contributed by atoms with Crippen molar-refractivity contribution >= 4 is 29.4 Å². The Kier molecular flexibility index (Phi) is 5.93. The summed E-state index contributed by atoms with van der Waals surface area (Å²) in [5.41, 5.74) is 5.77. The van der Waals surface area contributed by atoms with Gasteiger partial charge in [-0.3, -0.25) is 0 Å². The first-order valence-electron chi connectivity index (χ1n) is 10.3. The zero-order valence-electron chi connectivity index (χ0n) is 17.7. The monoisotopic (exact) mass is 436 g/mol. The second-order valence-electron chi connectivity index (χ2n) is 7.75. The Morgan fingerprint density at radius 2 is 2.19 bits per heavy atom. The first-order chi connectivity index (χ1) is 15.4. The Hall–Kier alpha value is -4.07. The van der Waals surface area contributed by atoms with Gasteiger partial charge < -0.3 is 30.5 Å². The quantitative estimate of drug-likeness (QED) is 0.724. The van der Waals surface area contributed by atoms with Crippen molar-refractivity contribution in [1.29, 1.82) is 5.26 Å². The van der Waals surface area contributed by atoms with E-state index in [-0.39, 0.29) is 23.5 Å². The van der Waals surface area contributed by atoms with Crippen molar-refractivity contribution in [2.75, 3.05) is 43.4 Å². The Morgan fingerprint density at radius 1 is 1.34 bits per heavy atom. The molecule has 3 N–H and O–H groups in total. The third-order valence-electron chi connectivity index (χ3n) is 5.59. The van der Waals surface area contributed by atoms with Gasteiger partial charge in [-0.2, -0.15) is 5.26 Å². The molecule has 1 aromatic heterocycles. The van der Waals surface area contributed by atoms with Gasteiger partial charge in [-0.1, -0.05) is 6.07 Å². The van der Waals surface area contributed by atoms with Gasteiger partial charge in [0.25, 0.3) is 0 Å². The number of nitrogens with one attached hydrogen (secondary N) is 1. The van der Waals surface area contributed by atoms with Crippen molar-refractivity contribution in [3.8, 4) is 11.8 Å². The van der Waals surface area contributed by atoms with Crippen LogP contribution in [0.25, 0.3) is 0 Å². The number of urea groups is 1. The van der Waals surface area contributed by atoms with E-state index < -0.39 is 6.09 Å². The lowest BCUT2D eigenvalue weighted by Gasteiger charge is -2.37. The summed E-state index contributed by atoms with van der Waals surface area (Å²) in [5, 5.41) is 12.5. The number of ether oxygens (including phenoxy) is 1. The van der Waals surface area contributed by atoms with Crippen LogP contribution in [0, 0.1) is 11.3 Å². The average molecular weight is 436 g/mol. The highest BCUT2D eigenvalue weighted by Gasteiger charge is 2.34. The van der Waals surface area contributed by atoms with Crippen LogP contribution in [0.4, 0.5) is 26.9 Å². The van der Waals surface area contributed by atoms with Crippen molar-refractivity contribution in [3.63, 3.8) is 0 Å². The Balaban J connectivity index is 1.54. The molecule has 166 valence electrons. The molecule has 1 aromatic carbocycles. The van der Waals surface area contributed by atoms with Gasteiger partial charge in [0.2, 0.25) is 0 Å². The number of nitriles is 1. The standard InChI is InChI=1S/C21H24N8O3/c1-27-8-9-29(21(27)31)15-5-3-7-28(13-15)18-12-24-17(11-22)19(26-18)25-14-4-2-6-16(10-14)32-20(23)30/h2,4,6,10,12,15H,3,5,7-9,13H2,1H3,(H2,23,30)(H,25,26)/t15-/m1/s1. The molecule has 11 nitrogen and oxygen atoms in total. The number of hydrogen-bond donors (Lipinski definition) is 2. The maximum atomic E-state index is 12.4. The number of likely N-dealkylation sites (N-methyl/N-ethyl adjacent to an activating group) is 1. The second-order valence-corrected chi connectivity index (χ2v) is 7.75. The zero-order chi connectivity index (χ0) is 22.7. The first kappa shape index (κ1) is 21.2. The summed E-state index contributed by atoms with van der Waals surface area (Å²) in [6.45, 7) is 2.90. The normalized spacial score (nSPS) is 18.4. The summed E-state index contributed by atoms with van der Waals surface area (Å²) in [7, 11) is 1.82. The van der Waals surface area contributed by atoms with Crippen LogP contribution in [0.3, 0.4) is 0 Å². The molecule has 0 bridgehead atoms. The third-order valence-corrected chi connectivity index (χ3v) is 5.59. The minimum Gasteiger partial charge on any atom is -0.410 e. The average Bonchev–Trinajstić information content (AvgIpc) is 3.12. The number of nitrogens with two attached hydrogens (primary N) is 1. The predicted molar refractivity (Wildman–Crippen MR) is 117 cm³/mol. The summed E-state index contributed by atoms with van der Waals surface area (Å²) in [4.78, 5) is 38.0. The van der Waals surface area contributed by atoms with Crippen molar-refractivity contribution in [2.45, 2.75) is 18.9 Å². The van der Waals surface area contributed by atoms with Gasteiger partial charge >= 0.3 is 12.1 Å². The molecule has 11 heteroatoms. The van der Waals surface area contributed by atoms with Gasteiger partial charge in [0, 0.05) is 45.0 Å². The number of benzene rings is 1. The summed E-state index contributed by atoms with van der Waals surface area (Å²) < 4.78 is 4.90. The number of aromatic nitrogens is 2. The number of amides is 3. The fourth-order valence-corrected chi connectivity index (χ4v) is 4.02. The van der Waals surface area contributed by atoms with E-state index >= 15 is 0 Å². The molecule has 32 heavy (non-hydrogen) atoms. The van der Waals surface area contributed by atoms with Crippen molar-refractivity contribution in [3.05, 3.63) is 36.2 Å². The molecule has 2 saturated heterocycles. The summed E-state index contributed by atoms with van der Waals surface area (Å²) in [6.07, 6.45) is 2.53. The molecule has 1 atom stereocenters. The molecule has 3 amide bonds. The SMILES string of the molecule is CN1CCN([C@@H]2CCCN(c3cnc(C#N)c(Nc4cccc(OC(N)=O)c4)n3)C2)C1=O. The highest BCUT2D eigenvalue weighted by molar-refractivity contribution is 5.76. The molecule has 2 aliphatic heterocycles. The van der Waals surface area contributed by atoms with Gasteiger partial charge in [-0.15, -0.1) is 0 Å². The molecule has 2 aliphatic rings. The van der Waals surface area contributed by atoms with Crippen molar-refractivity contribution < 1.29 is 14.3 Å². The van der Waals surface area contributed by atoms with E-state index in [1.54, 1.807) is 35.4 Å². The summed E-state index contributed by atoms with van der Waals surface area (Å²) in [6, 6.07) is 8.80. The molecule has 4 rings (SSSR count). The maximum Gasteiger partial charge on any atom is 0.409 e. The molecule has 0 unspecified atom stereocenters. The smallest absolute Gasteiger partial charge is 0.409 e. The van der Waals surface area contributed by atoms with Gasteiger partial charge in [0.15, 0.2) is 11.5 Å². The van der Waals surface area contributed by atoms with E-state index in [0.29, 0.717) is 23.9 Å². The van der Waals surface area contributed by atoms with E-state index in [1.807, 2.05) is 18.0 Å². The lowest BCUT2D eigenvalue weighted by molar-refractivity contribution is 0.175. The maximum absolute atomic E-state index is 12.4. The lowest BCUT2D eigenvalue weighted by atomic mass is 10.0.